The lowest BCUT2D eigenvalue weighted by Crippen LogP contribution is -1.79. The molecule has 2 aromatic heterocycles. The first kappa shape index (κ1) is 8.72. The zero-order chi connectivity index (χ0) is 9.10. The van der Waals surface area contributed by atoms with Gasteiger partial charge in [0.05, 0.1) is 5.69 Å². The number of hydrogen-bond acceptors (Lipinski definition) is 4. The van der Waals surface area contributed by atoms with Gasteiger partial charge < -0.3 is 0 Å². The van der Waals surface area contributed by atoms with Crippen molar-refractivity contribution in [1.29, 1.82) is 0 Å². The molecule has 0 aromatic carbocycles. The molecule has 0 saturated heterocycles. The molecule has 0 spiro atoms. The third-order valence-corrected chi connectivity index (χ3v) is 2.89. The third kappa shape index (κ3) is 1.89. The van der Waals surface area contributed by atoms with E-state index >= 15 is 0 Å². The average molecular weight is 208 g/mol. The Labute approximate surface area is 86.1 Å². The Hall–Kier alpha value is -0.870. The number of nitrogens with zero attached hydrogens (tertiary/aromatic N) is 2. The molecule has 2 heterocycles. The van der Waals surface area contributed by atoms with Gasteiger partial charge in [0, 0.05) is 29.1 Å². The normalized spacial score (nSPS) is 10.2. The molecule has 4 heteroatoms. The van der Waals surface area contributed by atoms with Crippen molar-refractivity contribution in [2.75, 3.05) is 0 Å². The molecule has 2 rings (SSSR count). The summed E-state index contributed by atoms with van der Waals surface area (Å²) in [6, 6.07) is 3.92. The molecule has 0 fully saturated rings. The van der Waals surface area contributed by atoms with Gasteiger partial charge in [0.2, 0.25) is 0 Å². The van der Waals surface area contributed by atoms with Gasteiger partial charge in [-0.2, -0.15) is 12.6 Å². The second-order valence-corrected chi connectivity index (χ2v) is 3.72. The van der Waals surface area contributed by atoms with E-state index in [0.717, 1.165) is 16.3 Å². The molecule has 0 N–H and O–H groups in total. The van der Waals surface area contributed by atoms with Crippen LogP contribution in [0.3, 0.4) is 0 Å². The molecular formula is C9H8N2S2. The van der Waals surface area contributed by atoms with Crippen LogP contribution in [0, 0.1) is 0 Å². The maximum Gasteiger partial charge on any atom is 0.125 e. The molecule has 66 valence electrons. The van der Waals surface area contributed by atoms with Crippen molar-refractivity contribution >= 4 is 24.0 Å². The summed E-state index contributed by atoms with van der Waals surface area (Å²) >= 11 is 5.79. The van der Waals surface area contributed by atoms with Crippen molar-refractivity contribution in [1.82, 2.24) is 9.97 Å². The molecular weight excluding hydrogens is 200 g/mol. The van der Waals surface area contributed by atoms with Crippen LogP contribution in [0.25, 0.3) is 10.6 Å². The fraction of sp³-hybridized carbons (Fsp3) is 0.111. The van der Waals surface area contributed by atoms with Crippen molar-refractivity contribution in [3.05, 3.63) is 35.6 Å². The minimum Gasteiger partial charge on any atom is -0.264 e. The minimum absolute atomic E-state index is 0.691. The van der Waals surface area contributed by atoms with Crippen LogP contribution in [0.2, 0.25) is 0 Å². The summed E-state index contributed by atoms with van der Waals surface area (Å²) in [4.78, 5) is 8.44. The lowest BCUT2D eigenvalue weighted by molar-refractivity contribution is 1.23. The molecule has 0 aliphatic heterocycles. The number of thiazole rings is 1. The number of pyridine rings is 1. The lowest BCUT2D eigenvalue weighted by Gasteiger charge is -1.92. The summed E-state index contributed by atoms with van der Waals surface area (Å²) in [6.07, 6.45) is 3.58. The van der Waals surface area contributed by atoms with Gasteiger partial charge in [0.25, 0.3) is 0 Å². The molecule has 2 nitrogen and oxygen atoms in total. The zero-order valence-electron chi connectivity index (χ0n) is 6.84. The molecule has 0 amide bonds. The van der Waals surface area contributed by atoms with Gasteiger partial charge in [-0.25, -0.2) is 4.98 Å². The van der Waals surface area contributed by atoms with Gasteiger partial charge in [-0.05, 0) is 12.1 Å². The molecule has 0 saturated carbocycles. The Morgan fingerprint density at radius 3 is 3.00 bits per heavy atom. The van der Waals surface area contributed by atoms with Crippen molar-refractivity contribution in [3.63, 3.8) is 0 Å². The maximum absolute atomic E-state index is 4.40. The molecule has 0 unspecified atom stereocenters. The number of hydrogen-bond donors (Lipinski definition) is 1. The molecule has 13 heavy (non-hydrogen) atoms. The van der Waals surface area contributed by atoms with E-state index in [1.54, 1.807) is 17.5 Å². The van der Waals surface area contributed by atoms with Crippen molar-refractivity contribution in [2.24, 2.45) is 0 Å². The predicted molar refractivity (Wildman–Crippen MR) is 58.0 cm³/mol. The summed E-state index contributed by atoms with van der Waals surface area (Å²) in [5.41, 5.74) is 2.09. The van der Waals surface area contributed by atoms with Crippen LogP contribution in [0.5, 0.6) is 0 Å². The number of aromatic nitrogens is 2. The predicted octanol–water partition coefficient (Wildman–Crippen LogP) is 2.63. The Morgan fingerprint density at radius 2 is 2.38 bits per heavy atom. The SMILES string of the molecule is SCc1csc(-c2cccnc2)n1. The Morgan fingerprint density at radius 1 is 1.46 bits per heavy atom. The van der Waals surface area contributed by atoms with E-state index in [1.807, 2.05) is 23.7 Å². The van der Waals surface area contributed by atoms with Crippen molar-refractivity contribution in [2.45, 2.75) is 5.75 Å². The monoisotopic (exact) mass is 208 g/mol. The van der Waals surface area contributed by atoms with Crippen LogP contribution in [0.1, 0.15) is 5.69 Å². The first-order valence-electron chi connectivity index (χ1n) is 3.86. The Balaban J connectivity index is 2.36. The first-order valence-corrected chi connectivity index (χ1v) is 5.37. The molecule has 0 radical (unpaired) electrons. The Bertz CT molecular complexity index is 384. The van der Waals surface area contributed by atoms with Gasteiger partial charge in [-0.15, -0.1) is 11.3 Å². The van der Waals surface area contributed by atoms with Gasteiger partial charge >= 0.3 is 0 Å². The van der Waals surface area contributed by atoms with Crippen LogP contribution >= 0.6 is 24.0 Å². The van der Waals surface area contributed by atoms with Crippen LogP contribution in [-0.2, 0) is 5.75 Å². The minimum atomic E-state index is 0.691. The van der Waals surface area contributed by atoms with E-state index in [-0.39, 0.29) is 0 Å². The van der Waals surface area contributed by atoms with Crippen LogP contribution in [0.15, 0.2) is 29.9 Å². The fourth-order valence-electron chi connectivity index (χ4n) is 1.00. The highest BCUT2D eigenvalue weighted by Crippen LogP contribution is 2.22. The summed E-state index contributed by atoms with van der Waals surface area (Å²) in [6.45, 7) is 0. The highest BCUT2D eigenvalue weighted by molar-refractivity contribution is 7.79. The van der Waals surface area contributed by atoms with E-state index in [0.29, 0.717) is 5.75 Å². The zero-order valence-corrected chi connectivity index (χ0v) is 8.55. The summed E-state index contributed by atoms with van der Waals surface area (Å²) < 4.78 is 0. The van der Waals surface area contributed by atoms with E-state index in [9.17, 15) is 0 Å². The van der Waals surface area contributed by atoms with Crippen LogP contribution in [0.4, 0.5) is 0 Å². The highest BCUT2D eigenvalue weighted by atomic mass is 32.1. The van der Waals surface area contributed by atoms with Gasteiger partial charge in [-0.3, -0.25) is 4.98 Å². The topological polar surface area (TPSA) is 25.8 Å². The Kier molecular flexibility index (Phi) is 2.61. The first-order chi connectivity index (χ1) is 6.40. The van der Waals surface area contributed by atoms with Gasteiger partial charge in [-0.1, -0.05) is 0 Å². The van der Waals surface area contributed by atoms with E-state index < -0.39 is 0 Å². The van der Waals surface area contributed by atoms with E-state index in [1.165, 1.54) is 0 Å². The van der Waals surface area contributed by atoms with Gasteiger partial charge in [0.1, 0.15) is 5.01 Å². The fourth-order valence-corrected chi connectivity index (χ4v) is 2.10. The largest absolute Gasteiger partial charge is 0.264 e. The van der Waals surface area contributed by atoms with E-state index in [4.69, 9.17) is 0 Å². The smallest absolute Gasteiger partial charge is 0.125 e. The third-order valence-electron chi connectivity index (χ3n) is 1.62. The summed E-state index contributed by atoms with van der Waals surface area (Å²) in [5, 5.41) is 3.03. The number of thiol groups is 1. The molecule has 0 bridgehead atoms. The summed E-state index contributed by atoms with van der Waals surface area (Å²) in [5.74, 6) is 0.691. The maximum atomic E-state index is 4.40. The standard InChI is InChI=1S/C9H8N2S2/c12-5-8-6-13-9(11-8)7-2-1-3-10-4-7/h1-4,6,12H,5H2. The quantitative estimate of drug-likeness (QED) is 0.768. The molecule has 2 aromatic rings. The van der Waals surface area contributed by atoms with E-state index in [2.05, 4.69) is 22.6 Å². The highest BCUT2D eigenvalue weighted by Gasteiger charge is 2.02. The van der Waals surface area contributed by atoms with Crippen LogP contribution in [-0.4, -0.2) is 9.97 Å². The molecule has 0 aliphatic carbocycles. The lowest BCUT2D eigenvalue weighted by atomic mass is 10.3. The summed E-state index contributed by atoms with van der Waals surface area (Å²) in [7, 11) is 0. The van der Waals surface area contributed by atoms with Gasteiger partial charge in [0.15, 0.2) is 0 Å². The second kappa shape index (κ2) is 3.89. The van der Waals surface area contributed by atoms with Crippen LogP contribution < -0.4 is 0 Å². The molecule has 0 atom stereocenters. The molecule has 0 aliphatic rings. The van der Waals surface area contributed by atoms with Crippen molar-refractivity contribution < 1.29 is 0 Å². The average Bonchev–Trinajstić information content (AvgIpc) is 2.67. The number of rotatable bonds is 2. The van der Waals surface area contributed by atoms with Crippen molar-refractivity contribution in [3.8, 4) is 10.6 Å². The second-order valence-electron chi connectivity index (χ2n) is 2.54.